The molecule has 1 aliphatic rings. The number of aromatic nitrogens is 2. The van der Waals surface area contributed by atoms with E-state index in [-0.39, 0.29) is 23.0 Å². The van der Waals surface area contributed by atoms with Crippen LogP contribution >= 0.6 is 0 Å². The van der Waals surface area contributed by atoms with Crippen LogP contribution < -0.4 is 5.56 Å². The third kappa shape index (κ3) is 3.57. The first-order chi connectivity index (χ1) is 14.0. The third-order valence-electron chi connectivity index (χ3n) is 6.14. The van der Waals surface area contributed by atoms with Crippen molar-refractivity contribution in [3.8, 4) is 17.1 Å². The number of benzene rings is 2. The fraction of sp³-hybridized carbons (Fsp3) is 0.333. The summed E-state index contributed by atoms with van der Waals surface area (Å²) in [6.45, 7) is 4.53. The molecule has 0 saturated heterocycles. The lowest BCUT2D eigenvalue weighted by atomic mass is 9.79. The van der Waals surface area contributed by atoms with E-state index < -0.39 is 0 Å². The number of halogens is 1. The van der Waals surface area contributed by atoms with Gasteiger partial charge >= 0.3 is 0 Å². The van der Waals surface area contributed by atoms with Gasteiger partial charge in [0.1, 0.15) is 17.4 Å². The van der Waals surface area contributed by atoms with E-state index in [1.54, 1.807) is 41.0 Å². The minimum absolute atomic E-state index is 0.0798. The molecule has 0 radical (unpaired) electrons. The van der Waals surface area contributed by atoms with E-state index in [1.165, 1.54) is 6.07 Å². The van der Waals surface area contributed by atoms with E-state index in [1.807, 2.05) is 6.07 Å². The van der Waals surface area contributed by atoms with Crippen molar-refractivity contribution in [2.45, 2.75) is 45.6 Å². The van der Waals surface area contributed by atoms with Gasteiger partial charge in [0.25, 0.3) is 5.56 Å². The summed E-state index contributed by atoms with van der Waals surface area (Å²) >= 11 is 0. The highest BCUT2D eigenvalue weighted by atomic mass is 19.1. The van der Waals surface area contributed by atoms with Gasteiger partial charge in [0.2, 0.25) is 0 Å². The first-order valence-corrected chi connectivity index (χ1v) is 10.1. The molecule has 4 rings (SSSR count). The van der Waals surface area contributed by atoms with Gasteiger partial charge in [-0.15, -0.1) is 0 Å². The Kier molecular flexibility index (Phi) is 5.22. The second-order valence-electron chi connectivity index (χ2n) is 7.92. The van der Waals surface area contributed by atoms with E-state index in [9.17, 15) is 14.3 Å². The number of phenols is 1. The first kappa shape index (κ1) is 19.4. The van der Waals surface area contributed by atoms with Gasteiger partial charge in [-0.05, 0) is 54.9 Å². The largest absolute Gasteiger partial charge is 0.507 e. The Morgan fingerprint density at radius 1 is 1.14 bits per heavy atom. The van der Waals surface area contributed by atoms with Gasteiger partial charge in [-0.1, -0.05) is 44.2 Å². The molecule has 0 amide bonds. The summed E-state index contributed by atoms with van der Waals surface area (Å²) in [7, 11) is 0. The standard InChI is InChI=1S/C24H25FN2O2/c1-15-11-12-20-22(16(15)2)24(29)27(14-13-17-7-3-5-9-19(17)25)23(26-20)18-8-4-6-10-21(18)28/h3-10,15-16,28H,11-14H2,1-2H3. The molecule has 1 aliphatic carbocycles. The number of aromatic hydroxyl groups is 1. The number of nitrogens with zero attached hydrogens (tertiary/aromatic N) is 2. The first-order valence-electron chi connectivity index (χ1n) is 10.1. The summed E-state index contributed by atoms with van der Waals surface area (Å²) in [5.41, 5.74) is 2.58. The van der Waals surface area contributed by atoms with Crippen LogP contribution in [0.5, 0.6) is 5.75 Å². The van der Waals surface area contributed by atoms with Crippen molar-refractivity contribution in [3.05, 3.63) is 81.5 Å². The van der Waals surface area contributed by atoms with E-state index in [0.29, 0.717) is 35.8 Å². The van der Waals surface area contributed by atoms with Crippen molar-refractivity contribution in [2.75, 3.05) is 0 Å². The van der Waals surface area contributed by atoms with E-state index >= 15 is 0 Å². The summed E-state index contributed by atoms with van der Waals surface area (Å²) in [6, 6.07) is 13.5. The summed E-state index contributed by atoms with van der Waals surface area (Å²) in [5, 5.41) is 10.4. The van der Waals surface area contributed by atoms with Crippen LogP contribution in [-0.4, -0.2) is 14.7 Å². The van der Waals surface area contributed by atoms with Crippen LogP contribution in [-0.2, 0) is 19.4 Å². The number of fused-ring (bicyclic) bond motifs is 1. The SMILES string of the molecule is CC1CCc2nc(-c3ccccc3O)n(CCc3ccccc3F)c(=O)c2C1C. The van der Waals surface area contributed by atoms with Gasteiger partial charge in [0.05, 0.1) is 11.3 Å². The Bertz CT molecular complexity index is 1110. The molecule has 4 nitrogen and oxygen atoms in total. The zero-order valence-electron chi connectivity index (χ0n) is 16.7. The van der Waals surface area contributed by atoms with E-state index in [2.05, 4.69) is 13.8 Å². The molecule has 0 aliphatic heterocycles. The maximum Gasteiger partial charge on any atom is 0.257 e. The van der Waals surface area contributed by atoms with Crippen LogP contribution in [0, 0.1) is 11.7 Å². The van der Waals surface area contributed by atoms with Gasteiger partial charge in [-0.3, -0.25) is 9.36 Å². The Morgan fingerprint density at radius 3 is 2.62 bits per heavy atom. The topological polar surface area (TPSA) is 55.1 Å². The molecule has 0 bridgehead atoms. The van der Waals surface area contributed by atoms with Crippen LogP contribution in [0.4, 0.5) is 4.39 Å². The fourth-order valence-electron chi connectivity index (χ4n) is 4.17. The summed E-state index contributed by atoms with van der Waals surface area (Å²) in [6.07, 6.45) is 2.11. The lowest BCUT2D eigenvalue weighted by Gasteiger charge is -2.29. The molecule has 0 spiro atoms. The highest BCUT2D eigenvalue weighted by molar-refractivity contribution is 5.64. The van der Waals surface area contributed by atoms with Gasteiger partial charge in [-0.2, -0.15) is 0 Å². The molecule has 1 N–H and O–H groups in total. The average Bonchev–Trinajstić information content (AvgIpc) is 2.71. The Labute approximate surface area is 169 Å². The number of aryl methyl sites for hydroxylation is 2. The molecule has 3 aromatic rings. The summed E-state index contributed by atoms with van der Waals surface area (Å²) in [4.78, 5) is 18.4. The predicted molar refractivity (Wildman–Crippen MR) is 112 cm³/mol. The van der Waals surface area contributed by atoms with Gasteiger partial charge in [-0.25, -0.2) is 9.37 Å². The lowest BCUT2D eigenvalue weighted by molar-refractivity contribution is 0.411. The number of phenolic OH excluding ortho intramolecular Hbond substituents is 1. The molecular weight excluding hydrogens is 367 g/mol. The van der Waals surface area contributed by atoms with Crippen molar-refractivity contribution in [1.82, 2.24) is 9.55 Å². The molecule has 150 valence electrons. The number of para-hydroxylation sites is 1. The third-order valence-corrected chi connectivity index (χ3v) is 6.14. The smallest absolute Gasteiger partial charge is 0.257 e. The van der Waals surface area contributed by atoms with Crippen LogP contribution in [0.3, 0.4) is 0 Å². The monoisotopic (exact) mass is 392 g/mol. The zero-order valence-corrected chi connectivity index (χ0v) is 16.7. The number of hydrogen-bond acceptors (Lipinski definition) is 3. The van der Waals surface area contributed by atoms with Crippen LogP contribution in [0.25, 0.3) is 11.4 Å². The molecule has 29 heavy (non-hydrogen) atoms. The Morgan fingerprint density at radius 2 is 1.86 bits per heavy atom. The molecule has 2 unspecified atom stereocenters. The van der Waals surface area contributed by atoms with Gasteiger partial charge in [0, 0.05) is 12.1 Å². The van der Waals surface area contributed by atoms with Crippen molar-refractivity contribution in [1.29, 1.82) is 0 Å². The fourth-order valence-corrected chi connectivity index (χ4v) is 4.17. The highest BCUT2D eigenvalue weighted by Gasteiger charge is 2.29. The number of hydrogen-bond donors (Lipinski definition) is 1. The second kappa shape index (κ2) is 7.82. The lowest BCUT2D eigenvalue weighted by Crippen LogP contribution is -2.34. The van der Waals surface area contributed by atoms with Crippen molar-refractivity contribution in [2.24, 2.45) is 5.92 Å². The summed E-state index contributed by atoms with van der Waals surface area (Å²) < 4.78 is 15.7. The van der Waals surface area contributed by atoms with Crippen molar-refractivity contribution in [3.63, 3.8) is 0 Å². The summed E-state index contributed by atoms with van der Waals surface area (Å²) in [5.74, 6) is 0.781. The Hall–Kier alpha value is -2.95. The Balaban J connectivity index is 1.86. The number of rotatable bonds is 4. The predicted octanol–water partition coefficient (Wildman–Crippen LogP) is 4.68. The van der Waals surface area contributed by atoms with Crippen molar-refractivity contribution >= 4 is 0 Å². The molecular formula is C24H25FN2O2. The normalized spacial score (nSPS) is 18.4. The van der Waals surface area contributed by atoms with Crippen molar-refractivity contribution < 1.29 is 9.50 Å². The van der Waals surface area contributed by atoms with Crippen LogP contribution in [0.15, 0.2) is 53.3 Å². The highest BCUT2D eigenvalue weighted by Crippen LogP contribution is 2.35. The second-order valence-corrected chi connectivity index (χ2v) is 7.92. The molecule has 5 heteroatoms. The molecule has 2 aromatic carbocycles. The van der Waals surface area contributed by atoms with E-state index in [4.69, 9.17) is 4.98 Å². The van der Waals surface area contributed by atoms with Gasteiger partial charge < -0.3 is 5.11 Å². The van der Waals surface area contributed by atoms with Crippen LogP contribution in [0.2, 0.25) is 0 Å². The molecule has 0 fully saturated rings. The average molecular weight is 392 g/mol. The molecule has 0 saturated carbocycles. The molecule has 2 atom stereocenters. The quantitative estimate of drug-likeness (QED) is 0.701. The minimum atomic E-state index is -0.280. The zero-order chi connectivity index (χ0) is 20.5. The maximum absolute atomic E-state index is 14.1. The molecule has 1 aromatic heterocycles. The molecule has 1 heterocycles. The minimum Gasteiger partial charge on any atom is -0.507 e. The van der Waals surface area contributed by atoms with E-state index in [0.717, 1.165) is 24.1 Å². The van der Waals surface area contributed by atoms with Gasteiger partial charge in [0.15, 0.2) is 0 Å². The van der Waals surface area contributed by atoms with Crippen LogP contribution in [0.1, 0.15) is 43.0 Å². The maximum atomic E-state index is 14.1.